The van der Waals surface area contributed by atoms with Gasteiger partial charge in [-0.15, -0.1) is 0 Å². The van der Waals surface area contributed by atoms with Crippen molar-refractivity contribution in [2.24, 2.45) is 35.5 Å². The summed E-state index contributed by atoms with van der Waals surface area (Å²) in [5.41, 5.74) is 2.15. The minimum atomic E-state index is -0.408. The molecule has 0 aliphatic rings. The number of hydrogen-bond acceptors (Lipinski definition) is 10. The van der Waals surface area contributed by atoms with Gasteiger partial charge in [-0.1, -0.05) is 175 Å². The van der Waals surface area contributed by atoms with Crippen molar-refractivity contribution >= 4 is 41.3 Å². The molecule has 0 heterocycles. The number of hydrogen-bond donors (Lipinski definition) is 5. The highest BCUT2D eigenvalue weighted by Gasteiger charge is 2.19. The van der Waals surface area contributed by atoms with Gasteiger partial charge < -0.3 is 36.1 Å². The summed E-state index contributed by atoms with van der Waals surface area (Å²) < 4.78 is 11.5. The number of Topliss-reactive ketones (excluding diaryl/α,β-unsaturated/α-hetero) is 2. The van der Waals surface area contributed by atoms with Crippen LogP contribution in [0, 0.1) is 35.5 Å². The molecule has 0 aliphatic carbocycles. The summed E-state index contributed by atoms with van der Waals surface area (Å²) >= 11 is 0. The minimum Gasteiger partial charge on any atom is -0.492 e. The number of rotatable bonds is 55. The molecule has 494 valence electrons. The van der Waals surface area contributed by atoms with Gasteiger partial charge >= 0.3 is 6.09 Å². The quantitative estimate of drug-likeness (QED) is 0.0397. The molecular formula is C72H122N6O9. The summed E-state index contributed by atoms with van der Waals surface area (Å²) in [4.78, 5) is 91.0. The molecule has 5 N–H and O–H groups in total. The van der Waals surface area contributed by atoms with Crippen LogP contribution < -0.4 is 31.3 Å². The molecule has 0 bridgehead atoms. The van der Waals surface area contributed by atoms with Gasteiger partial charge in [0.05, 0.1) is 0 Å². The maximum absolute atomic E-state index is 13.1. The molecule has 0 spiro atoms. The van der Waals surface area contributed by atoms with E-state index in [4.69, 9.17) is 9.47 Å². The molecule has 0 aromatic heterocycles. The summed E-state index contributed by atoms with van der Waals surface area (Å²) in [5, 5.41) is 15.3. The van der Waals surface area contributed by atoms with E-state index in [-0.39, 0.29) is 65.7 Å². The Morgan fingerprint density at radius 2 is 0.782 bits per heavy atom. The number of ether oxygens (including phenoxy) is 2. The predicted molar refractivity (Wildman–Crippen MR) is 354 cm³/mol. The van der Waals surface area contributed by atoms with E-state index in [0.29, 0.717) is 70.3 Å². The summed E-state index contributed by atoms with van der Waals surface area (Å²) in [7, 11) is 0. The molecule has 0 aliphatic heterocycles. The third-order valence-electron chi connectivity index (χ3n) is 17.1. The first-order chi connectivity index (χ1) is 42.0. The number of carbonyl (C=O) groups excluding carboxylic acids is 7. The molecule has 5 amide bonds. The van der Waals surface area contributed by atoms with Crippen molar-refractivity contribution < 1.29 is 43.0 Å². The minimum absolute atomic E-state index is 0.0226. The number of alkyl carbamates (subject to hydrolysis) is 1. The molecule has 0 saturated heterocycles. The van der Waals surface area contributed by atoms with Crippen molar-refractivity contribution in [3.8, 4) is 5.75 Å². The number of unbranched alkanes of at least 4 members (excludes halogenated alkanes) is 11. The van der Waals surface area contributed by atoms with Crippen molar-refractivity contribution in [2.75, 3.05) is 59.0 Å². The number of carbonyl (C=O) groups is 7. The zero-order valence-electron chi connectivity index (χ0n) is 55.9. The van der Waals surface area contributed by atoms with Crippen LogP contribution in [0.2, 0.25) is 0 Å². The van der Waals surface area contributed by atoms with E-state index in [1.807, 2.05) is 84.0 Å². The maximum Gasteiger partial charge on any atom is 0.407 e. The fourth-order valence-corrected chi connectivity index (χ4v) is 10.7. The van der Waals surface area contributed by atoms with Crippen molar-refractivity contribution in [1.82, 2.24) is 31.5 Å². The summed E-state index contributed by atoms with van der Waals surface area (Å²) in [6.45, 7) is 22.3. The van der Waals surface area contributed by atoms with E-state index in [0.717, 1.165) is 198 Å². The van der Waals surface area contributed by atoms with Crippen LogP contribution in [-0.4, -0.2) is 105 Å². The molecule has 87 heavy (non-hydrogen) atoms. The molecule has 0 radical (unpaired) electrons. The lowest BCUT2D eigenvalue weighted by Crippen LogP contribution is -2.36. The van der Waals surface area contributed by atoms with Gasteiger partial charge in [-0.2, -0.15) is 0 Å². The Morgan fingerprint density at radius 3 is 1.23 bits per heavy atom. The van der Waals surface area contributed by atoms with Crippen LogP contribution in [0.5, 0.6) is 5.75 Å². The average Bonchev–Trinajstić information content (AvgIpc) is 3.58. The van der Waals surface area contributed by atoms with Crippen molar-refractivity contribution in [3.05, 3.63) is 65.7 Å². The number of benzene rings is 2. The molecule has 2 aromatic carbocycles. The lowest BCUT2D eigenvalue weighted by molar-refractivity contribution is -0.125. The molecule has 15 heteroatoms. The second-order valence-electron chi connectivity index (χ2n) is 25.2. The van der Waals surface area contributed by atoms with Crippen LogP contribution in [-0.2, 0) is 46.5 Å². The molecule has 15 nitrogen and oxygen atoms in total. The van der Waals surface area contributed by atoms with Gasteiger partial charge in [-0.3, -0.25) is 33.7 Å². The van der Waals surface area contributed by atoms with Crippen LogP contribution in [0.25, 0.3) is 0 Å². The summed E-state index contributed by atoms with van der Waals surface area (Å²) in [6.07, 6.45) is 25.8. The van der Waals surface area contributed by atoms with Crippen LogP contribution in [0.3, 0.4) is 0 Å². The van der Waals surface area contributed by atoms with Gasteiger partial charge in [0.2, 0.25) is 23.6 Å². The molecule has 2 rings (SSSR count). The number of nitrogens with one attached hydrogen (secondary N) is 5. The standard InChI is InChI=1S/C72H122N6O9/c1-9-11-16-34-59(5)68(81)73-47-27-24-32-57(3)66(79)41-22-13-18-36-61(7)70(83)75-50-30-52-78(54-55-86-65-45-43-63(44-46-65)38-26-29-49-77-72(85)87-56-64-39-20-15-21-40-64)53-31-51-76-71(84)62(8)37-19-14-23-42-67(80)58(4)33-25-28-48-74-69(82)60(6)35-17-12-10-2/h15,20-21,39-40,43-46,57-62H,9-14,16-19,22-38,41-42,47-56H2,1-8H3,(H,73,81)(H,74,82)(H,75,83)(H,76,84)(H,77,85)/t57-,58-,59-,60-,61-,62-/m0/s1. The molecule has 0 fully saturated rings. The smallest absolute Gasteiger partial charge is 0.407 e. The number of ketones is 2. The third kappa shape index (κ3) is 40.1. The van der Waals surface area contributed by atoms with E-state index in [1.54, 1.807) is 0 Å². The molecule has 0 unspecified atom stereocenters. The lowest BCUT2D eigenvalue weighted by atomic mass is 9.94. The van der Waals surface area contributed by atoms with E-state index in [1.165, 1.54) is 5.56 Å². The van der Waals surface area contributed by atoms with Crippen LogP contribution in [0.15, 0.2) is 54.6 Å². The highest BCUT2D eigenvalue weighted by molar-refractivity contribution is 5.81. The average molecular weight is 1220 g/mol. The highest BCUT2D eigenvalue weighted by Crippen LogP contribution is 2.19. The Labute approximate surface area is 527 Å². The van der Waals surface area contributed by atoms with Gasteiger partial charge in [0.25, 0.3) is 0 Å². The van der Waals surface area contributed by atoms with Gasteiger partial charge in [0.1, 0.15) is 30.5 Å². The number of amides is 5. The van der Waals surface area contributed by atoms with Crippen molar-refractivity contribution in [2.45, 2.75) is 248 Å². The normalized spacial score (nSPS) is 13.4. The number of nitrogens with zero attached hydrogens (tertiary/aromatic N) is 1. The van der Waals surface area contributed by atoms with Crippen LogP contribution in [0.4, 0.5) is 4.79 Å². The van der Waals surface area contributed by atoms with E-state index >= 15 is 0 Å². The van der Waals surface area contributed by atoms with Crippen molar-refractivity contribution in [3.63, 3.8) is 0 Å². The van der Waals surface area contributed by atoms with Gasteiger partial charge in [0, 0.05) is 87.6 Å². The fourth-order valence-electron chi connectivity index (χ4n) is 10.7. The second-order valence-corrected chi connectivity index (χ2v) is 25.2. The molecule has 2 aromatic rings. The van der Waals surface area contributed by atoms with Gasteiger partial charge in [-0.25, -0.2) is 4.79 Å². The zero-order valence-corrected chi connectivity index (χ0v) is 55.9. The Hall–Kier alpha value is -5.31. The monoisotopic (exact) mass is 1210 g/mol. The fraction of sp³-hybridized carbons (Fsp3) is 0.736. The van der Waals surface area contributed by atoms with Crippen LogP contribution in [0.1, 0.15) is 246 Å². The SMILES string of the molecule is CCCCC[C@H](C)C(=O)NCCCC[C@H](C)C(=O)CCCCC[C@H](C)C(=O)NCCCN(CCCNC(=O)[C@@H](C)CCCCCC(=O)[C@@H](C)CCCCNC(=O)[C@@H](C)CCCCC)CCOc1ccc(CCCCNC(=O)OCc2ccccc2)cc1. The number of aryl methyl sites for hydroxylation is 1. The largest absolute Gasteiger partial charge is 0.492 e. The maximum atomic E-state index is 13.1. The third-order valence-corrected chi connectivity index (χ3v) is 17.1. The molecular weight excluding hydrogens is 1090 g/mol. The Bertz CT molecular complexity index is 2050. The molecule has 6 atom stereocenters. The highest BCUT2D eigenvalue weighted by atomic mass is 16.5. The van der Waals surface area contributed by atoms with Crippen LogP contribution >= 0.6 is 0 Å². The van der Waals surface area contributed by atoms with E-state index < -0.39 is 6.09 Å². The first kappa shape index (κ1) is 77.8. The first-order valence-corrected chi connectivity index (χ1v) is 34.6. The zero-order chi connectivity index (χ0) is 63.7. The first-order valence-electron chi connectivity index (χ1n) is 34.6. The lowest BCUT2D eigenvalue weighted by Gasteiger charge is -2.23. The summed E-state index contributed by atoms with van der Waals surface area (Å²) in [5.74, 6) is 1.72. The topological polar surface area (TPSA) is 201 Å². The summed E-state index contributed by atoms with van der Waals surface area (Å²) in [6, 6.07) is 17.8. The predicted octanol–water partition coefficient (Wildman–Crippen LogP) is 14.2. The second kappa shape index (κ2) is 50.5. The Kier molecular flexibility index (Phi) is 45.2. The van der Waals surface area contributed by atoms with E-state index in [9.17, 15) is 33.6 Å². The van der Waals surface area contributed by atoms with Gasteiger partial charge in [-0.05, 0) is 133 Å². The molecule has 0 saturated carbocycles. The van der Waals surface area contributed by atoms with Gasteiger partial charge in [0.15, 0.2) is 0 Å². The van der Waals surface area contributed by atoms with E-state index in [2.05, 4.69) is 57.5 Å². The Morgan fingerprint density at radius 1 is 0.391 bits per heavy atom. The Balaban J connectivity index is 1.73. The van der Waals surface area contributed by atoms with Crippen molar-refractivity contribution in [1.29, 1.82) is 0 Å².